The number of benzene rings is 1. The number of fused-ring (bicyclic) bond motifs is 1. The lowest BCUT2D eigenvalue weighted by atomic mass is 10.2. The van der Waals surface area contributed by atoms with Crippen molar-refractivity contribution in [3.05, 3.63) is 23.8 Å². The summed E-state index contributed by atoms with van der Waals surface area (Å²) in [6, 6.07) is 4.72. The van der Waals surface area contributed by atoms with Crippen LogP contribution in [0.5, 0.6) is 11.5 Å². The average molecular weight is 223 g/mol. The summed E-state index contributed by atoms with van der Waals surface area (Å²) in [5.74, 6) is 0.982. The Kier molecular flexibility index (Phi) is 2.96. The van der Waals surface area contributed by atoms with E-state index in [9.17, 15) is 4.79 Å². The second kappa shape index (κ2) is 4.40. The Morgan fingerprint density at radius 2 is 2.25 bits per heavy atom. The smallest absolute Gasteiger partial charge is 0.251 e. The van der Waals surface area contributed by atoms with E-state index in [0.717, 1.165) is 0 Å². The van der Waals surface area contributed by atoms with Crippen molar-refractivity contribution >= 4 is 5.91 Å². The second-order valence-corrected chi connectivity index (χ2v) is 3.63. The van der Waals surface area contributed by atoms with Gasteiger partial charge in [0.1, 0.15) is 0 Å². The van der Waals surface area contributed by atoms with E-state index in [1.54, 1.807) is 25.1 Å². The van der Waals surface area contributed by atoms with Crippen LogP contribution in [0.1, 0.15) is 17.3 Å². The van der Waals surface area contributed by atoms with Crippen molar-refractivity contribution in [2.45, 2.75) is 13.0 Å². The highest BCUT2D eigenvalue weighted by Crippen LogP contribution is 2.32. The lowest BCUT2D eigenvalue weighted by Gasteiger charge is -2.10. The standard InChI is InChI=1S/C11H13NO4/c1-7(5-13)12-11(14)8-2-3-9-10(4-8)16-6-15-9/h2-4,7,13H,5-6H2,1H3,(H,12,14)/t7-/m1/s1. The monoisotopic (exact) mass is 223 g/mol. The third-order valence-electron chi connectivity index (χ3n) is 2.29. The number of nitrogens with one attached hydrogen (secondary N) is 1. The molecule has 5 heteroatoms. The van der Waals surface area contributed by atoms with Gasteiger partial charge in [-0.15, -0.1) is 0 Å². The molecule has 16 heavy (non-hydrogen) atoms. The largest absolute Gasteiger partial charge is 0.454 e. The maximum absolute atomic E-state index is 11.7. The molecular weight excluding hydrogens is 210 g/mol. The fraction of sp³-hybridized carbons (Fsp3) is 0.364. The maximum atomic E-state index is 11.7. The van der Waals surface area contributed by atoms with Crippen LogP contribution in [0, 0.1) is 0 Å². The third kappa shape index (κ3) is 2.09. The number of aliphatic hydroxyl groups excluding tert-OH is 1. The molecule has 2 rings (SSSR count). The summed E-state index contributed by atoms with van der Waals surface area (Å²) >= 11 is 0. The van der Waals surface area contributed by atoms with Crippen molar-refractivity contribution in [3.8, 4) is 11.5 Å². The molecule has 1 heterocycles. The zero-order valence-corrected chi connectivity index (χ0v) is 8.90. The lowest BCUT2D eigenvalue weighted by Crippen LogP contribution is -2.34. The first-order valence-corrected chi connectivity index (χ1v) is 5.02. The molecule has 0 saturated heterocycles. The van der Waals surface area contributed by atoms with Gasteiger partial charge < -0.3 is 19.9 Å². The van der Waals surface area contributed by atoms with Crippen molar-refractivity contribution in [1.82, 2.24) is 5.32 Å². The molecule has 0 aromatic heterocycles. The molecule has 0 fully saturated rings. The number of hydrogen-bond donors (Lipinski definition) is 2. The van der Waals surface area contributed by atoms with Crippen LogP contribution in [0.2, 0.25) is 0 Å². The molecule has 1 aromatic carbocycles. The first-order chi connectivity index (χ1) is 7.70. The molecular formula is C11H13NO4. The number of carbonyl (C=O) groups is 1. The Balaban J connectivity index is 2.12. The van der Waals surface area contributed by atoms with Gasteiger partial charge in [-0.1, -0.05) is 0 Å². The van der Waals surface area contributed by atoms with Gasteiger partial charge in [0.05, 0.1) is 6.61 Å². The molecule has 5 nitrogen and oxygen atoms in total. The SMILES string of the molecule is C[C@H](CO)NC(=O)c1ccc2c(c1)OCO2. The average Bonchev–Trinajstić information content (AvgIpc) is 2.75. The van der Waals surface area contributed by atoms with Gasteiger partial charge in [-0.3, -0.25) is 4.79 Å². The predicted molar refractivity (Wildman–Crippen MR) is 56.6 cm³/mol. The van der Waals surface area contributed by atoms with E-state index in [0.29, 0.717) is 17.1 Å². The van der Waals surface area contributed by atoms with Crippen molar-refractivity contribution in [2.24, 2.45) is 0 Å². The normalized spacial score (nSPS) is 14.6. The van der Waals surface area contributed by atoms with Crippen molar-refractivity contribution in [1.29, 1.82) is 0 Å². The highest BCUT2D eigenvalue weighted by Gasteiger charge is 2.16. The Hall–Kier alpha value is -1.75. The lowest BCUT2D eigenvalue weighted by molar-refractivity contribution is 0.0922. The van der Waals surface area contributed by atoms with Gasteiger partial charge in [-0.25, -0.2) is 0 Å². The van der Waals surface area contributed by atoms with Crippen LogP contribution in [0.4, 0.5) is 0 Å². The molecule has 0 bridgehead atoms. The second-order valence-electron chi connectivity index (χ2n) is 3.63. The van der Waals surface area contributed by atoms with Crippen molar-refractivity contribution in [3.63, 3.8) is 0 Å². The highest BCUT2D eigenvalue weighted by atomic mass is 16.7. The molecule has 1 aliphatic rings. The van der Waals surface area contributed by atoms with Crippen LogP contribution in [0.15, 0.2) is 18.2 Å². The minimum Gasteiger partial charge on any atom is -0.454 e. The fourth-order valence-electron chi connectivity index (χ4n) is 1.39. The summed E-state index contributed by atoms with van der Waals surface area (Å²) in [7, 11) is 0. The molecule has 2 N–H and O–H groups in total. The Bertz CT molecular complexity index is 405. The van der Waals surface area contributed by atoms with Gasteiger partial charge in [0.25, 0.3) is 5.91 Å². The zero-order valence-electron chi connectivity index (χ0n) is 8.90. The van der Waals surface area contributed by atoms with Crippen molar-refractivity contribution in [2.75, 3.05) is 13.4 Å². The number of aliphatic hydroxyl groups is 1. The van der Waals surface area contributed by atoms with Crippen molar-refractivity contribution < 1.29 is 19.4 Å². The van der Waals surface area contributed by atoms with Crippen LogP contribution in [-0.2, 0) is 0 Å². The summed E-state index contributed by atoms with van der Waals surface area (Å²) < 4.78 is 10.3. The Labute approximate surface area is 93.0 Å². The molecule has 0 saturated carbocycles. The number of rotatable bonds is 3. The zero-order chi connectivity index (χ0) is 11.5. The van der Waals surface area contributed by atoms with E-state index in [-0.39, 0.29) is 25.3 Å². The molecule has 0 spiro atoms. The van der Waals surface area contributed by atoms with Crippen LogP contribution in [-0.4, -0.2) is 30.5 Å². The summed E-state index contributed by atoms with van der Waals surface area (Å²) in [4.78, 5) is 11.7. The van der Waals surface area contributed by atoms with Gasteiger partial charge in [-0.2, -0.15) is 0 Å². The minimum absolute atomic E-state index is 0.0870. The van der Waals surface area contributed by atoms with E-state index < -0.39 is 0 Å². The summed E-state index contributed by atoms with van der Waals surface area (Å²) in [5, 5.41) is 11.5. The first kappa shape index (κ1) is 10.8. The molecule has 1 aromatic rings. The topological polar surface area (TPSA) is 67.8 Å². The van der Waals surface area contributed by atoms with Crippen LogP contribution < -0.4 is 14.8 Å². The molecule has 1 aliphatic heterocycles. The third-order valence-corrected chi connectivity index (χ3v) is 2.29. The molecule has 1 amide bonds. The van der Waals surface area contributed by atoms with Gasteiger partial charge in [-0.05, 0) is 25.1 Å². The van der Waals surface area contributed by atoms with Crippen LogP contribution in [0.25, 0.3) is 0 Å². The summed E-state index contributed by atoms with van der Waals surface area (Å²) in [5.41, 5.74) is 0.490. The molecule has 86 valence electrons. The summed E-state index contributed by atoms with van der Waals surface area (Å²) in [6.45, 7) is 1.83. The van der Waals surface area contributed by atoms with E-state index in [1.165, 1.54) is 0 Å². The fourth-order valence-corrected chi connectivity index (χ4v) is 1.39. The summed E-state index contributed by atoms with van der Waals surface area (Å²) in [6.07, 6.45) is 0. The van der Waals surface area contributed by atoms with Gasteiger partial charge in [0, 0.05) is 11.6 Å². The minimum atomic E-state index is -0.266. The number of amides is 1. The first-order valence-electron chi connectivity index (χ1n) is 5.02. The number of ether oxygens (including phenoxy) is 2. The van der Waals surface area contributed by atoms with E-state index in [1.807, 2.05) is 0 Å². The van der Waals surface area contributed by atoms with Gasteiger partial charge >= 0.3 is 0 Å². The van der Waals surface area contributed by atoms with Crippen LogP contribution >= 0.6 is 0 Å². The number of hydrogen-bond acceptors (Lipinski definition) is 4. The van der Waals surface area contributed by atoms with Gasteiger partial charge in [0.2, 0.25) is 6.79 Å². The maximum Gasteiger partial charge on any atom is 0.251 e. The van der Waals surface area contributed by atoms with E-state index >= 15 is 0 Å². The predicted octanol–water partition coefficient (Wildman–Crippen LogP) is 0.526. The van der Waals surface area contributed by atoms with E-state index in [4.69, 9.17) is 14.6 Å². The van der Waals surface area contributed by atoms with E-state index in [2.05, 4.69) is 5.32 Å². The highest BCUT2D eigenvalue weighted by molar-refractivity contribution is 5.95. The molecule has 1 atom stereocenters. The molecule has 0 unspecified atom stereocenters. The Morgan fingerprint density at radius 1 is 1.50 bits per heavy atom. The molecule has 0 radical (unpaired) electrons. The Morgan fingerprint density at radius 3 is 3.00 bits per heavy atom. The molecule has 0 aliphatic carbocycles. The van der Waals surface area contributed by atoms with Gasteiger partial charge in [0.15, 0.2) is 11.5 Å². The quantitative estimate of drug-likeness (QED) is 0.784. The van der Waals surface area contributed by atoms with Crippen LogP contribution in [0.3, 0.4) is 0 Å². The number of carbonyl (C=O) groups excluding carboxylic acids is 1.